The summed E-state index contributed by atoms with van der Waals surface area (Å²) in [5.41, 5.74) is 0.685. The smallest absolute Gasteiger partial charge is 0.223 e. The molecule has 118 valence electrons. The molecule has 2 heterocycles. The van der Waals surface area contributed by atoms with Gasteiger partial charge in [0.15, 0.2) is 11.6 Å². The van der Waals surface area contributed by atoms with E-state index in [-0.39, 0.29) is 26.2 Å². The molecule has 2 atom stereocenters. The fraction of sp³-hybridized carbons (Fsp3) is 0.429. The molecule has 1 fully saturated rings. The van der Waals surface area contributed by atoms with Gasteiger partial charge in [-0.25, -0.2) is 14.4 Å². The minimum Gasteiger partial charge on any atom is -0.366 e. The number of aliphatic hydroxyl groups is 1. The van der Waals surface area contributed by atoms with E-state index >= 15 is 0 Å². The molecule has 4 nitrogen and oxygen atoms in total. The van der Waals surface area contributed by atoms with E-state index in [1.165, 1.54) is 0 Å². The molecule has 0 aliphatic carbocycles. The van der Waals surface area contributed by atoms with Crippen molar-refractivity contribution in [3.05, 3.63) is 32.4 Å². The first-order valence-corrected chi connectivity index (χ1v) is 8.20. The summed E-state index contributed by atoms with van der Waals surface area (Å²) in [7, 11) is 0. The van der Waals surface area contributed by atoms with E-state index < -0.39 is 11.6 Å². The van der Waals surface area contributed by atoms with Crippen molar-refractivity contribution >= 4 is 50.0 Å². The van der Waals surface area contributed by atoms with Crippen molar-refractivity contribution in [3.63, 3.8) is 0 Å². The molecule has 1 aromatic heterocycles. The van der Waals surface area contributed by atoms with Gasteiger partial charge in [0.05, 0.1) is 21.8 Å². The largest absolute Gasteiger partial charge is 0.366 e. The molecule has 1 aliphatic heterocycles. The van der Waals surface area contributed by atoms with E-state index in [0.29, 0.717) is 30.5 Å². The second-order valence-electron chi connectivity index (χ2n) is 5.47. The molecule has 0 unspecified atom stereocenters. The van der Waals surface area contributed by atoms with Gasteiger partial charge in [0.2, 0.25) is 5.28 Å². The number of ether oxygens (including phenoxy) is 1. The lowest BCUT2D eigenvalue weighted by molar-refractivity contribution is -0.215. The van der Waals surface area contributed by atoms with Gasteiger partial charge in [-0.15, -0.1) is 0 Å². The lowest BCUT2D eigenvalue weighted by Gasteiger charge is -2.34. The lowest BCUT2D eigenvalue weighted by Crippen LogP contribution is -2.36. The van der Waals surface area contributed by atoms with Gasteiger partial charge in [0, 0.05) is 17.7 Å². The average molecular weight is 410 g/mol. The van der Waals surface area contributed by atoms with Crippen molar-refractivity contribution in [2.24, 2.45) is 0 Å². The molecule has 0 saturated carbocycles. The number of hydrogen-bond donors (Lipinski definition) is 1. The van der Waals surface area contributed by atoms with Crippen molar-refractivity contribution in [2.45, 2.75) is 31.5 Å². The molecule has 22 heavy (non-hydrogen) atoms. The van der Waals surface area contributed by atoms with Gasteiger partial charge < -0.3 is 9.84 Å². The zero-order valence-electron chi connectivity index (χ0n) is 11.5. The SMILES string of the molecule is C[C@@]1(O)C[C@@H](c2nc(Cl)nc3c(F)c(Br)c(Cl)cc23)CCO1. The monoisotopic (exact) mass is 408 g/mol. The molecule has 0 spiro atoms. The highest BCUT2D eigenvalue weighted by Gasteiger charge is 2.34. The summed E-state index contributed by atoms with van der Waals surface area (Å²) in [6.45, 7) is 1.97. The average Bonchev–Trinajstić information content (AvgIpc) is 2.44. The first-order valence-electron chi connectivity index (χ1n) is 6.65. The predicted octanol–water partition coefficient (Wildman–Crippen LogP) is 4.44. The molecule has 1 aliphatic rings. The highest BCUT2D eigenvalue weighted by Crippen LogP contribution is 2.39. The van der Waals surface area contributed by atoms with E-state index in [1.54, 1.807) is 13.0 Å². The third kappa shape index (κ3) is 2.95. The van der Waals surface area contributed by atoms with Crippen LogP contribution in [0.15, 0.2) is 10.5 Å². The van der Waals surface area contributed by atoms with Gasteiger partial charge in [-0.3, -0.25) is 0 Å². The van der Waals surface area contributed by atoms with Crippen LogP contribution in [0.1, 0.15) is 31.4 Å². The maximum absolute atomic E-state index is 14.4. The molecule has 0 radical (unpaired) electrons. The van der Waals surface area contributed by atoms with E-state index in [1.807, 2.05) is 0 Å². The van der Waals surface area contributed by atoms with Crippen LogP contribution in [-0.4, -0.2) is 27.5 Å². The van der Waals surface area contributed by atoms with Crippen molar-refractivity contribution in [1.29, 1.82) is 0 Å². The first kappa shape index (κ1) is 16.3. The Balaban J connectivity index is 2.21. The second-order valence-corrected chi connectivity index (χ2v) is 7.01. The van der Waals surface area contributed by atoms with Crippen molar-refractivity contribution < 1.29 is 14.2 Å². The Kier molecular flexibility index (Phi) is 4.33. The van der Waals surface area contributed by atoms with Crippen LogP contribution < -0.4 is 0 Å². The molecule has 8 heteroatoms. The molecule has 2 aromatic rings. The number of hydrogen-bond acceptors (Lipinski definition) is 4. The lowest BCUT2D eigenvalue weighted by atomic mass is 9.89. The van der Waals surface area contributed by atoms with Crippen molar-refractivity contribution in [2.75, 3.05) is 6.61 Å². The Labute approximate surface area is 144 Å². The normalized spacial score (nSPS) is 25.6. The predicted molar refractivity (Wildman–Crippen MR) is 85.8 cm³/mol. The van der Waals surface area contributed by atoms with Crippen LogP contribution in [0.4, 0.5) is 4.39 Å². The molecule has 0 amide bonds. The summed E-state index contributed by atoms with van der Waals surface area (Å²) < 4.78 is 19.8. The Morgan fingerprint density at radius 3 is 2.86 bits per heavy atom. The number of nitrogens with zero attached hydrogens (tertiary/aromatic N) is 2. The third-order valence-corrected chi connectivity index (χ3v) is 5.19. The van der Waals surface area contributed by atoms with Gasteiger partial charge in [-0.1, -0.05) is 11.6 Å². The summed E-state index contributed by atoms with van der Waals surface area (Å²) in [6, 6.07) is 1.61. The summed E-state index contributed by atoms with van der Waals surface area (Å²) >= 11 is 15.1. The van der Waals surface area contributed by atoms with Crippen LogP contribution in [0.3, 0.4) is 0 Å². The van der Waals surface area contributed by atoms with E-state index in [9.17, 15) is 9.50 Å². The Morgan fingerprint density at radius 1 is 1.45 bits per heavy atom. The molecule has 1 N–H and O–H groups in total. The van der Waals surface area contributed by atoms with Crippen LogP contribution >= 0.6 is 39.1 Å². The van der Waals surface area contributed by atoms with Gasteiger partial charge in [-0.2, -0.15) is 0 Å². The maximum atomic E-state index is 14.4. The number of fused-ring (bicyclic) bond motifs is 1. The summed E-state index contributed by atoms with van der Waals surface area (Å²) in [5, 5.41) is 10.8. The Morgan fingerprint density at radius 2 is 2.18 bits per heavy atom. The number of aromatic nitrogens is 2. The standard InChI is InChI=1S/C14H12BrCl2FN2O2/c1-14(21)5-6(2-3-22-14)11-7-4-8(16)9(15)10(18)12(7)20-13(17)19-11/h4,6,21H,2-3,5H2,1H3/t6-,14-/m0/s1. The van der Waals surface area contributed by atoms with Crippen LogP contribution in [-0.2, 0) is 4.74 Å². The topological polar surface area (TPSA) is 55.2 Å². The quantitative estimate of drug-likeness (QED) is 0.558. The summed E-state index contributed by atoms with van der Waals surface area (Å²) in [5.74, 6) is -1.94. The molecule has 3 rings (SSSR count). The number of halogens is 4. The van der Waals surface area contributed by atoms with Crippen LogP contribution in [0.5, 0.6) is 0 Å². The van der Waals surface area contributed by atoms with Crippen LogP contribution in [0.25, 0.3) is 10.9 Å². The number of benzene rings is 1. The minimum atomic E-state index is -1.25. The Bertz CT molecular complexity index is 757. The summed E-state index contributed by atoms with van der Waals surface area (Å²) in [6.07, 6.45) is 0.985. The van der Waals surface area contributed by atoms with E-state index in [0.717, 1.165) is 0 Å². The highest BCUT2D eigenvalue weighted by molar-refractivity contribution is 9.10. The van der Waals surface area contributed by atoms with Crippen molar-refractivity contribution in [1.82, 2.24) is 9.97 Å². The van der Waals surface area contributed by atoms with E-state index in [4.69, 9.17) is 27.9 Å². The molecular weight excluding hydrogens is 398 g/mol. The van der Waals surface area contributed by atoms with Gasteiger partial charge in [-0.05, 0) is 46.9 Å². The van der Waals surface area contributed by atoms with Gasteiger partial charge in [0.1, 0.15) is 5.52 Å². The fourth-order valence-corrected chi connectivity index (χ4v) is 3.42. The molecule has 0 bridgehead atoms. The minimum absolute atomic E-state index is 0.0400. The van der Waals surface area contributed by atoms with E-state index in [2.05, 4.69) is 25.9 Å². The van der Waals surface area contributed by atoms with Gasteiger partial charge in [0.25, 0.3) is 0 Å². The second kappa shape index (κ2) is 5.83. The maximum Gasteiger partial charge on any atom is 0.223 e. The number of rotatable bonds is 1. The fourth-order valence-electron chi connectivity index (χ4n) is 2.75. The molecular formula is C14H12BrCl2FN2O2. The van der Waals surface area contributed by atoms with Crippen LogP contribution in [0.2, 0.25) is 10.3 Å². The highest BCUT2D eigenvalue weighted by atomic mass is 79.9. The molecule has 1 saturated heterocycles. The zero-order chi connectivity index (χ0) is 16.1. The molecule has 1 aromatic carbocycles. The Hall–Kier alpha value is -0.530. The van der Waals surface area contributed by atoms with Crippen LogP contribution in [0, 0.1) is 5.82 Å². The van der Waals surface area contributed by atoms with Crippen molar-refractivity contribution in [3.8, 4) is 0 Å². The zero-order valence-corrected chi connectivity index (χ0v) is 14.6. The first-order chi connectivity index (χ1) is 10.3. The third-order valence-electron chi connectivity index (χ3n) is 3.72. The van der Waals surface area contributed by atoms with Gasteiger partial charge >= 0.3 is 0 Å². The summed E-state index contributed by atoms with van der Waals surface area (Å²) in [4.78, 5) is 8.22.